The zero-order valence-electron chi connectivity index (χ0n) is 13.0. The molecule has 0 rings (SSSR count). The molecule has 0 fully saturated rings. The van der Waals surface area contributed by atoms with E-state index in [4.69, 9.17) is 10.5 Å². The van der Waals surface area contributed by atoms with Crippen LogP contribution in [0.15, 0.2) is 0 Å². The Hall–Kier alpha value is -1.83. The molecule has 0 heterocycles. The van der Waals surface area contributed by atoms with E-state index in [1.165, 1.54) is 0 Å². The third kappa shape index (κ3) is 10.6. The first-order valence-corrected chi connectivity index (χ1v) is 6.97. The van der Waals surface area contributed by atoms with Gasteiger partial charge in [0.15, 0.2) is 0 Å². The summed E-state index contributed by atoms with van der Waals surface area (Å²) in [5.41, 5.74) is 4.75. The molecular weight excluding hydrogens is 276 g/mol. The Bertz CT molecular complexity index is 342. The number of ether oxygens (including phenoxy) is 1. The van der Waals surface area contributed by atoms with E-state index < -0.39 is 17.7 Å². The molecule has 0 unspecified atom stereocenters. The molecule has 0 aliphatic heterocycles. The number of urea groups is 1. The Labute approximate surface area is 125 Å². The van der Waals surface area contributed by atoms with E-state index in [0.29, 0.717) is 38.9 Å². The fraction of sp³-hybridized carbons (Fsp3) is 0.769. The van der Waals surface area contributed by atoms with Crippen LogP contribution in [0.3, 0.4) is 0 Å². The van der Waals surface area contributed by atoms with Crippen molar-refractivity contribution >= 4 is 18.5 Å². The number of nitrogens with two attached hydrogens (primary N) is 1. The zero-order valence-corrected chi connectivity index (χ0v) is 13.0. The van der Waals surface area contributed by atoms with Crippen LogP contribution >= 0.6 is 0 Å². The summed E-state index contributed by atoms with van der Waals surface area (Å²) in [5.74, 6) is 0. The quantitative estimate of drug-likeness (QED) is 0.444. The lowest BCUT2D eigenvalue weighted by Gasteiger charge is -2.20. The molecule has 4 N–H and O–H groups in total. The van der Waals surface area contributed by atoms with Crippen molar-refractivity contribution in [2.24, 2.45) is 5.73 Å². The summed E-state index contributed by atoms with van der Waals surface area (Å²) in [6.45, 7) is 6.74. The molecule has 21 heavy (non-hydrogen) atoms. The predicted molar refractivity (Wildman–Crippen MR) is 78.7 cm³/mol. The number of alkyl carbamates (subject to hydrolysis) is 1. The first-order valence-electron chi connectivity index (χ1n) is 6.97. The molecule has 0 aliphatic carbocycles. The van der Waals surface area contributed by atoms with Gasteiger partial charge in [0.25, 0.3) is 0 Å². The minimum absolute atomic E-state index is 0.216. The summed E-state index contributed by atoms with van der Waals surface area (Å²) in [6, 6.07) is -0.462. The van der Waals surface area contributed by atoms with Crippen LogP contribution in [0.2, 0.25) is 0 Å². The number of hydrogen-bond acceptors (Lipinski definition) is 5. The monoisotopic (exact) mass is 302 g/mol. The number of amides is 4. The highest BCUT2D eigenvalue weighted by atomic mass is 16.6. The van der Waals surface area contributed by atoms with Gasteiger partial charge in [-0.15, -0.1) is 0 Å². The Kier molecular flexibility index (Phi) is 9.11. The highest BCUT2D eigenvalue weighted by molar-refractivity contribution is 5.84. The number of nitrogens with one attached hydrogen (secondary N) is 2. The van der Waals surface area contributed by atoms with Crippen molar-refractivity contribution in [1.29, 1.82) is 0 Å². The summed E-state index contributed by atoms with van der Waals surface area (Å²) >= 11 is 0. The average molecular weight is 302 g/mol. The summed E-state index contributed by atoms with van der Waals surface area (Å²) in [5, 5.41) is 5.14. The lowest BCUT2D eigenvalue weighted by atomic mass is 10.2. The van der Waals surface area contributed by atoms with Gasteiger partial charge in [-0.25, -0.2) is 9.59 Å². The molecule has 0 aromatic heterocycles. The van der Waals surface area contributed by atoms with Crippen LogP contribution in [0.1, 0.15) is 33.6 Å². The van der Waals surface area contributed by atoms with E-state index in [-0.39, 0.29) is 6.54 Å². The van der Waals surface area contributed by atoms with Crippen molar-refractivity contribution < 1.29 is 19.1 Å². The average Bonchev–Trinajstić information content (AvgIpc) is 2.36. The van der Waals surface area contributed by atoms with E-state index >= 15 is 0 Å². The second kappa shape index (κ2) is 9.98. The van der Waals surface area contributed by atoms with Crippen molar-refractivity contribution in [3.05, 3.63) is 0 Å². The fourth-order valence-corrected chi connectivity index (χ4v) is 1.36. The minimum atomic E-state index is -0.554. The predicted octanol–water partition coefficient (Wildman–Crippen LogP) is 0.418. The third-order valence-corrected chi connectivity index (χ3v) is 2.29. The lowest BCUT2D eigenvalue weighted by Crippen LogP contribution is -2.41. The van der Waals surface area contributed by atoms with Crippen LogP contribution in [0.4, 0.5) is 9.59 Å². The molecule has 0 aromatic carbocycles. The smallest absolute Gasteiger partial charge is 0.407 e. The molecule has 0 saturated heterocycles. The molecule has 8 nitrogen and oxygen atoms in total. The van der Waals surface area contributed by atoms with Gasteiger partial charge in [-0.1, -0.05) is 0 Å². The van der Waals surface area contributed by atoms with Gasteiger partial charge in [-0.05, 0) is 40.2 Å². The molecule has 0 aliphatic rings. The standard InChI is InChI=1S/C13H26N4O4/c1-13(2,3)21-12(20)16-8-5-9-17(10-18)11(19)15-7-4-6-14/h10H,4-9,14H2,1-3H3,(H,15,19)(H,16,20). The van der Waals surface area contributed by atoms with Crippen molar-refractivity contribution in [2.75, 3.05) is 26.2 Å². The zero-order chi connectivity index (χ0) is 16.3. The van der Waals surface area contributed by atoms with Gasteiger partial charge >= 0.3 is 12.1 Å². The maximum absolute atomic E-state index is 11.6. The SMILES string of the molecule is CC(C)(C)OC(=O)NCCCN(C=O)C(=O)NCCCN. The maximum atomic E-state index is 11.6. The van der Waals surface area contributed by atoms with Crippen LogP contribution in [0.25, 0.3) is 0 Å². The number of nitrogens with zero attached hydrogens (tertiary/aromatic N) is 1. The van der Waals surface area contributed by atoms with E-state index in [0.717, 1.165) is 4.90 Å². The number of imide groups is 1. The minimum Gasteiger partial charge on any atom is -0.444 e. The highest BCUT2D eigenvalue weighted by Gasteiger charge is 2.16. The van der Waals surface area contributed by atoms with Gasteiger partial charge in [-0.3, -0.25) is 9.69 Å². The van der Waals surface area contributed by atoms with Crippen LogP contribution < -0.4 is 16.4 Å². The van der Waals surface area contributed by atoms with Gasteiger partial charge in [0.05, 0.1) is 0 Å². The number of carbonyl (C=O) groups excluding carboxylic acids is 3. The topological polar surface area (TPSA) is 114 Å². The van der Waals surface area contributed by atoms with E-state index in [1.807, 2.05) is 0 Å². The van der Waals surface area contributed by atoms with Crippen LogP contribution in [0, 0.1) is 0 Å². The molecule has 122 valence electrons. The second-order valence-electron chi connectivity index (χ2n) is 5.46. The largest absolute Gasteiger partial charge is 0.444 e. The fourth-order valence-electron chi connectivity index (χ4n) is 1.36. The highest BCUT2D eigenvalue weighted by Crippen LogP contribution is 2.06. The molecule has 0 aromatic rings. The molecular formula is C13H26N4O4. The summed E-state index contributed by atoms with van der Waals surface area (Å²) in [4.78, 5) is 34.8. The number of hydrogen-bond donors (Lipinski definition) is 3. The molecule has 0 spiro atoms. The second-order valence-corrected chi connectivity index (χ2v) is 5.46. The maximum Gasteiger partial charge on any atom is 0.407 e. The Balaban J connectivity index is 3.89. The first-order chi connectivity index (χ1) is 9.80. The molecule has 4 amide bonds. The lowest BCUT2D eigenvalue weighted by molar-refractivity contribution is -0.115. The molecule has 0 saturated carbocycles. The van der Waals surface area contributed by atoms with Gasteiger partial charge in [-0.2, -0.15) is 0 Å². The summed E-state index contributed by atoms with van der Waals surface area (Å²) in [6.07, 6.45) is 1.04. The Morgan fingerprint density at radius 2 is 1.81 bits per heavy atom. The van der Waals surface area contributed by atoms with Gasteiger partial charge < -0.3 is 21.1 Å². The van der Waals surface area contributed by atoms with Crippen molar-refractivity contribution in [1.82, 2.24) is 15.5 Å². The van der Waals surface area contributed by atoms with Gasteiger partial charge in [0, 0.05) is 19.6 Å². The third-order valence-electron chi connectivity index (χ3n) is 2.29. The molecule has 0 bridgehead atoms. The summed E-state index contributed by atoms with van der Waals surface area (Å²) in [7, 11) is 0. The van der Waals surface area contributed by atoms with Crippen LogP contribution in [-0.2, 0) is 9.53 Å². The van der Waals surface area contributed by atoms with E-state index in [9.17, 15) is 14.4 Å². The number of carbonyl (C=O) groups is 3. The van der Waals surface area contributed by atoms with Crippen molar-refractivity contribution in [3.8, 4) is 0 Å². The normalized spacial score (nSPS) is 10.7. The van der Waals surface area contributed by atoms with Gasteiger partial charge in [0.2, 0.25) is 6.41 Å². The Morgan fingerprint density at radius 3 is 2.33 bits per heavy atom. The van der Waals surface area contributed by atoms with Crippen molar-refractivity contribution in [3.63, 3.8) is 0 Å². The van der Waals surface area contributed by atoms with E-state index in [2.05, 4.69) is 10.6 Å². The first kappa shape index (κ1) is 19.2. The van der Waals surface area contributed by atoms with E-state index in [1.54, 1.807) is 20.8 Å². The molecule has 0 atom stereocenters. The van der Waals surface area contributed by atoms with Crippen LogP contribution in [-0.4, -0.2) is 55.2 Å². The Morgan fingerprint density at radius 1 is 1.19 bits per heavy atom. The molecule has 0 radical (unpaired) electrons. The molecule has 8 heteroatoms. The van der Waals surface area contributed by atoms with Gasteiger partial charge in [0.1, 0.15) is 5.60 Å². The van der Waals surface area contributed by atoms with Crippen molar-refractivity contribution in [2.45, 2.75) is 39.2 Å². The van der Waals surface area contributed by atoms with Crippen LogP contribution in [0.5, 0.6) is 0 Å². The number of rotatable bonds is 8. The summed E-state index contributed by atoms with van der Waals surface area (Å²) < 4.78 is 5.06.